The summed E-state index contributed by atoms with van der Waals surface area (Å²) in [4.78, 5) is 0. The van der Waals surface area contributed by atoms with Crippen molar-refractivity contribution in [2.45, 2.75) is 0 Å². The van der Waals surface area contributed by atoms with Crippen LogP contribution in [-0.4, -0.2) is 28.4 Å². The van der Waals surface area contributed by atoms with Crippen LogP contribution in [0.2, 0.25) is 0 Å². The lowest BCUT2D eigenvalue weighted by molar-refractivity contribution is 0.333. The Morgan fingerprint density at radius 2 is 0.526 bits per heavy atom. The van der Waals surface area contributed by atoms with Crippen molar-refractivity contribution in [2.24, 2.45) is 0 Å². The fraction of sp³-hybridized carbons (Fsp3) is 0.118. The van der Waals surface area contributed by atoms with Crippen LogP contribution < -0.4 is 18.9 Å². The summed E-state index contributed by atoms with van der Waals surface area (Å²) in [7, 11) is 6.59. The quantitative estimate of drug-likeness (QED) is 0.213. The second-order valence-corrected chi connectivity index (χ2v) is 8.77. The molecule has 0 bridgehead atoms. The molecule has 0 spiro atoms. The van der Waals surface area contributed by atoms with Gasteiger partial charge in [-0.15, -0.1) is 0 Å². The van der Waals surface area contributed by atoms with Crippen LogP contribution in [0.1, 0.15) is 0 Å². The lowest BCUT2D eigenvalue weighted by Crippen LogP contribution is -2.03. The van der Waals surface area contributed by atoms with E-state index in [1.807, 2.05) is 36.4 Å². The molecule has 5 aromatic carbocycles. The van der Waals surface area contributed by atoms with Crippen molar-refractivity contribution in [3.05, 3.63) is 109 Å². The van der Waals surface area contributed by atoms with Gasteiger partial charge in [0.05, 0.1) is 39.6 Å². The summed E-state index contributed by atoms with van der Waals surface area (Å²) in [6, 6.07) is 37.2. The number of benzene rings is 5. The van der Waals surface area contributed by atoms with Crippen LogP contribution in [0.4, 0.5) is 0 Å². The molecule has 0 fully saturated rings. The molecule has 4 nitrogen and oxygen atoms in total. The molecular weight excluding hydrogens is 472 g/mol. The fourth-order valence-corrected chi connectivity index (χ4v) is 4.88. The number of methoxy groups -OCH3 is 4. The maximum atomic E-state index is 5.97. The third-order valence-corrected chi connectivity index (χ3v) is 6.70. The van der Waals surface area contributed by atoms with Crippen molar-refractivity contribution >= 4 is 0 Å². The zero-order chi connectivity index (χ0) is 26.5. The maximum Gasteiger partial charge on any atom is 0.173 e. The smallest absolute Gasteiger partial charge is 0.173 e. The predicted octanol–water partition coefficient (Wildman–Crippen LogP) is 8.39. The summed E-state index contributed by atoms with van der Waals surface area (Å²) in [6.45, 7) is 0. The van der Waals surface area contributed by atoms with Crippen molar-refractivity contribution in [3.8, 4) is 67.5 Å². The Hall–Kier alpha value is -4.70. The summed E-state index contributed by atoms with van der Waals surface area (Å²) in [6.07, 6.45) is 0. The second kappa shape index (κ2) is 11.1. The molecule has 5 aromatic rings. The first-order chi connectivity index (χ1) is 18.7. The molecule has 0 saturated heterocycles. The maximum absolute atomic E-state index is 5.97. The highest BCUT2D eigenvalue weighted by atomic mass is 16.5. The van der Waals surface area contributed by atoms with Crippen LogP contribution in [0, 0.1) is 0 Å². The van der Waals surface area contributed by atoms with E-state index in [9.17, 15) is 0 Å². The lowest BCUT2D eigenvalue weighted by Gasteiger charge is -2.23. The molecule has 0 radical (unpaired) electrons. The molecule has 0 aliphatic heterocycles. The van der Waals surface area contributed by atoms with E-state index in [4.69, 9.17) is 18.9 Å². The minimum Gasteiger partial charge on any atom is -0.492 e. The molecule has 190 valence electrons. The summed E-state index contributed by atoms with van der Waals surface area (Å²) in [5.74, 6) is 2.33. The van der Waals surface area contributed by atoms with Gasteiger partial charge in [0.2, 0.25) is 0 Å². The largest absolute Gasteiger partial charge is 0.492 e. The predicted molar refractivity (Wildman–Crippen MR) is 154 cm³/mol. The number of hydrogen-bond donors (Lipinski definition) is 0. The molecule has 0 aliphatic rings. The Labute approximate surface area is 224 Å². The monoisotopic (exact) mass is 502 g/mol. The summed E-state index contributed by atoms with van der Waals surface area (Å²) in [5.41, 5.74) is 7.97. The summed E-state index contributed by atoms with van der Waals surface area (Å²) in [5, 5.41) is 0. The van der Waals surface area contributed by atoms with Crippen molar-refractivity contribution in [2.75, 3.05) is 28.4 Å². The molecular formula is C34H30O4. The standard InChI is InChI=1S/C34H30O4/c1-35-31-29(27-19-15-25(16-20-27)23-11-7-5-8-12-23)33(37-3)34(38-4)30(32(31)36-2)28-21-17-26(18-22-28)24-13-9-6-10-14-24/h5-22H,1-4H3. The van der Waals surface area contributed by atoms with Gasteiger partial charge >= 0.3 is 0 Å². The topological polar surface area (TPSA) is 36.9 Å². The van der Waals surface area contributed by atoms with E-state index in [1.165, 1.54) is 0 Å². The van der Waals surface area contributed by atoms with Gasteiger partial charge in [-0.05, 0) is 33.4 Å². The van der Waals surface area contributed by atoms with Crippen LogP contribution in [0.5, 0.6) is 23.0 Å². The highest BCUT2D eigenvalue weighted by Crippen LogP contribution is 2.56. The van der Waals surface area contributed by atoms with Gasteiger partial charge in [0.1, 0.15) is 0 Å². The minimum atomic E-state index is 0.583. The zero-order valence-corrected chi connectivity index (χ0v) is 22.0. The van der Waals surface area contributed by atoms with Crippen LogP contribution in [0.25, 0.3) is 44.5 Å². The first kappa shape index (κ1) is 25.0. The van der Waals surface area contributed by atoms with Gasteiger partial charge in [-0.3, -0.25) is 0 Å². The molecule has 4 heteroatoms. The number of ether oxygens (including phenoxy) is 4. The van der Waals surface area contributed by atoms with Gasteiger partial charge in [0.15, 0.2) is 23.0 Å². The molecule has 0 N–H and O–H groups in total. The van der Waals surface area contributed by atoms with Crippen LogP contribution in [0.3, 0.4) is 0 Å². The Kier molecular flexibility index (Phi) is 7.32. The average molecular weight is 503 g/mol. The Morgan fingerprint density at radius 1 is 0.289 bits per heavy atom. The summed E-state index contributed by atoms with van der Waals surface area (Å²) < 4.78 is 23.9. The SMILES string of the molecule is COc1c(OC)c(-c2ccc(-c3ccccc3)cc2)c(OC)c(OC)c1-c1ccc(-c2ccccc2)cc1. The van der Waals surface area contributed by atoms with Crippen LogP contribution >= 0.6 is 0 Å². The van der Waals surface area contributed by atoms with Crippen molar-refractivity contribution in [1.82, 2.24) is 0 Å². The summed E-state index contributed by atoms with van der Waals surface area (Å²) >= 11 is 0. The van der Waals surface area contributed by atoms with E-state index in [1.54, 1.807) is 28.4 Å². The molecule has 0 unspecified atom stereocenters. The van der Waals surface area contributed by atoms with E-state index in [0.29, 0.717) is 23.0 Å². The third-order valence-electron chi connectivity index (χ3n) is 6.70. The molecule has 0 amide bonds. The Bertz CT molecular complexity index is 1360. The van der Waals surface area contributed by atoms with Crippen molar-refractivity contribution < 1.29 is 18.9 Å². The number of hydrogen-bond acceptors (Lipinski definition) is 4. The van der Waals surface area contributed by atoms with Crippen LogP contribution in [0.15, 0.2) is 109 Å². The van der Waals surface area contributed by atoms with Gasteiger partial charge in [-0.2, -0.15) is 0 Å². The molecule has 0 atom stereocenters. The molecule has 5 rings (SSSR count). The van der Waals surface area contributed by atoms with Gasteiger partial charge in [0.25, 0.3) is 0 Å². The van der Waals surface area contributed by atoms with E-state index in [0.717, 1.165) is 44.5 Å². The zero-order valence-electron chi connectivity index (χ0n) is 22.0. The fourth-order valence-electron chi connectivity index (χ4n) is 4.88. The first-order valence-electron chi connectivity index (χ1n) is 12.4. The van der Waals surface area contributed by atoms with Gasteiger partial charge in [0, 0.05) is 0 Å². The molecule has 38 heavy (non-hydrogen) atoms. The molecule has 0 aliphatic carbocycles. The molecule has 0 saturated carbocycles. The van der Waals surface area contributed by atoms with Crippen LogP contribution in [-0.2, 0) is 0 Å². The average Bonchev–Trinajstić information content (AvgIpc) is 3.00. The Morgan fingerprint density at radius 3 is 0.789 bits per heavy atom. The highest BCUT2D eigenvalue weighted by Gasteiger charge is 2.29. The molecule has 0 heterocycles. The van der Waals surface area contributed by atoms with Gasteiger partial charge in [-0.25, -0.2) is 0 Å². The second-order valence-electron chi connectivity index (χ2n) is 8.77. The van der Waals surface area contributed by atoms with Crippen molar-refractivity contribution in [1.29, 1.82) is 0 Å². The van der Waals surface area contributed by atoms with E-state index in [-0.39, 0.29) is 0 Å². The van der Waals surface area contributed by atoms with E-state index >= 15 is 0 Å². The molecule has 0 aromatic heterocycles. The normalized spacial score (nSPS) is 10.6. The lowest BCUT2D eigenvalue weighted by atomic mass is 9.93. The van der Waals surface area contributed by atoms with E-state index in [2.05, 4.69) is 72.8 Å². The van der Waals surface area contributed by atoms with E-state index < -0.39 is 0 Å². The minimum absolute atomic E-state index is 0.583. The van der Waals surface area contributed by atoms with Gasteiger partial charge in [-0.1, -0.05) is 109 Å². The van der Waals surface area contributed by atoms with Crippen molar-refractivity contribution in [3.63, 3.8) is 0 Å². The Balaban J connectivity index is 1.67. The third kappa shape index (κ3) is 4.57. The highest BCUT2D eigenvalue weighted by molar-refractivity contribution is 5.93. The first-order valence-corrected chi connectivity index (χ1v) is 12.4. The van der Waals surface area contributed by atoms with Gasteiger partial charge < -0.3 is 18.9 Å². The number of rotatable bonds is 8.